The maximum Gasteiger partial charge on any atom is 0.326 e. The van der Waals surface area contributed by atoms with E-state index in [1.54, 1.807) is 4.72 Å². The number of carbonyl (C=O) groups excluding carboxylic acids is 1. The molecule has 0 spiro atoms. The molecule has 0 radical (unpaired) electrons. The van der Waals surface area contributed by atoms with E-state index in [1.807, 2.05) is 0 Å². The Labute approximate surface area is 160 Å². The van der Waals surface area contributed by atoms with Crippen molar-refractivity contribution in [1.29, 1.82) is 0 Å². The monoisotopic (exact) mass is 410 g/mol. The largest absolute Gasteiger partial charge is 0.506 e. The highest BCUT2D eigenvalue weighted by Crippen LogP contribution is 2.42. The Hall–Kier alpha value is -2.75. The highest BCUT2D eigenvalue weighted by Gasteiger charge is 2.38. The first-order valence-electron chi connectivity index (χ1n) is 8.90. The zero-order chi connectivity index (χ0) is 20.1. The number of anilines is 1. The molecule has 28 heavy (non-hydrogen) atoms. The maximum atomic E-state index is 15.1. The number of hydrogen-bond donors (Lipinski definition) is 3. The normalized spacial score (nSPS) is 18.9. The van der Waals surface area contributed by atoms with Crippen LogP contribution in [0.2, 0.25) is 0 Å². The fourth-order valence-corrected chi connectivity index (χ4v) is 4.63. The molecule has 1 saturated heterocycles. The first-order valence-corrected chi connectivity index (χ1v) is 10.3. The van der Waals surface area contributed by atoms with Crippen LogP contribution in [-0.2, 0) is 15.0 Å². The molecule has 1 saturated carbocycles. The molecule has 8 nitrogen and oxygen atoms in total. The molecule has 0 aromatic heterocycles. The van der Waals surface area contributed by atoms with E-state index < -0.39 is 39.9 Å². The lowest BCUT2D eigenvalue weighted by atomic mass is 9.83. The molecule has 1 aliphatic heterocycles. The highest BCUT2D eigenvalue weighted by atomic mass is 32.2. The summed E-state index contributed by atoms with van der Waals surface area (Å²) in [5.41, 5.74) is -0.628. The van der Waals surface area contributed by atoms with Crippen LogP contribution in [0.5, 0.6) is 17.2 Å². The first-order chi connectivity index (χ1) is 13.3. The van der Waals surface area contributed by atoms with Crippen molar-refractivity contribution in [3.63, 3.8) is 0 Å². The molecule has 1 amide bonds. The zero-order valence-electron chi connectivity index (χ0n) is 14.8. The predicted octanol–water partition coefficient (Wildman–Crippen LogP) is 2.14. The van der Waals surface area contributed by atoms with E-state index in [2.05, 4.69) is 0 Å². The van der Waals surface area contributed by atoms with Gasteiger partial charge in [-0.25, -0.2) is 13.4 Å². The van der Waals surface area contributed by atoms with Gasteiger partial charge in [-0.15, -0.1) is 0 Å². The third kappa shape index (κ3) is 3.17. The number of nitrogens with one attached hydrogen (secondary N) is 1. The van der Waals surface area contributed by atoms with Crippen LogP contribution >= 0.6 is 0 Å². The van der Waals surface area contributed by atoms with Gasteiger partial charge in [-0.1, -0.05) is 19.3 Å². The lowest BCUT2D eigenvalue weighted by Crippen LogP contribution is -2.30. The number of nitrogens with zero attached hydrogens (tertiary/aromatic N) is 1. The summed E-state index contributed by atoms with van der Waals surface area (Å²) in [6, 6.07) is 3.63. The van der Waals surface area contributed by atoms with Crippen LogP contribution < -0.4 is 13.8 Å². The van der Waals surface area contributed by atoms with Crippen LogP contribution in [0.1, 0.15) is 25.7 Å². The van der Waals surface area contributed by atoms with Gasteiger partial charge in [0.25, 0.3) is 5.91 Å². The number of halogens is 1. The summed E-state index contributed by atoms with van der Waals surface area (Å²) in [5, 5.41) is 20.4. The Kier molecular flexibility index (Phi) is 4.45. The lowest BCUT2D eigenvalue weighted by molar-refractivity contribution is -0.117. The summed E-state index contributed by atoms with van der Waals surface area (Å²) in [6.45, 7) is -0.267. The Morgan fingerprint density at radius 3 is 2.54 bits per heavy atom. The van der Waals surface area contributed by atoms with E-state index in [-0.39, 0.29) is 22.3 Å². The van der Waals surface area contributed by atoms with Crippen molar-refractivity contribution in [1.82, 2.24) is 4.72 Å². The second kappa shape index (κ2) is 6.69. The molecular weight excluding hydrogens is 391 g/mol. The van der Waals surface area contributed by atoms with E-state index in [4.69, 9.17) is 4.74 Å². The lowest BCUT2D eigenvalue weighted by Gasteiger charge is -2.25. The van der Waals surface area contributed by atoms with E-state index in [0.717, 1.165) is 25.3 Å². The van der Waals surface area contributed by atoms with Gasteiger partial charge >= 0.3 is 10.2 Å². The number of benzene rings is 2. The van der Waals surface area contributed by atoms with Gasteiger partial charge in [-0.2, -0.15) is 8.42 Å². The number of aromatic hydroxyl groups is 2. The molecule has 3 N–H and O–H groups in total. The van der Waals surface area contributed by atoms with Crippen molar-refractivity contribution in [3.05, 3.63) is 24.0 Å². The standard InChI is InChI=1S/C18H19FN2O6S/c19-17-12-8-15(27-5-4-10-2-1-3-10)13(22)6-11(12)7-14(23)18(17)21-9-16(24)20-28(21,25)26/h6-8,10,22-23H,1-5,9H2,(H,20,24). The quantitative estimate of drug-likeness (QED) is 0.696. The fraction of sp³-hybridized carbons (Fsp3) is 0.389. The van der Waals surface area contributed by atoms with Gasteiger partial charge < -0.3 is 14.9 Å². The number of ether oxygens (including phenoxy) is 1. The third-order valence-electron chi connectivity index (χ3n) is 5.19. The van der Waals surface area contributed by atoms with Gasteiger partial charge in [0, 0.05) is 5.39 Å². The minimum Gasteiger partial charge on any atom is -0.506 e. The van der Waals surface area contributed by atoms with Gasteiger partial charge in [-0.3, -0.25) is 4.79 Å². The number of phenols is 2. The van der Waals surface area contributed by atoms with Crippen molar-refractivity contribution in [2.45, 2.75) is 25.7 Å². The number of fused-ring (bicyclic) bond motifs is 1. The second-order valence-corrected chi connectivity index (χ2v) is 8.67. The minimum absolute atomic E-state index is 0.0428. The third-order valence-corrected chi connectivity index (χ3v) is 6.57. The average Bonchev–Trinajstić information content (AvgIpc) is 2.83. The molecule has 2 aliphatic rings. The molecule has 2 aromatic carbocycles. The highest BCUT2D eigenvalue weighted by molar-refractivity contribution is 7.92. The minimum atomic E-state index is -4.29. The maximum absolute atomic E-state index is 15.1. The summed E-state index contributed by atoms with van der Waals surface area (Å²) in [7, 11) is -4.29. The summed E-state index contributed by atoms with van der Waals surface area (Å²) in [5.74, 6) is -2.06. The predicted molar refractivity (Wildman–Crippen MR) is 99.1 cm³/mol. The SMILES string of the molecule is O=C1CN(c2c(O)cc3cc(O)c(OCCC4CCC4)cc3c2F)S(=O)(=O)N1. The van der Waals surface area contributed by atoms with E-state index in [1.165, 1.54) is 18.6 Å². The van der Waals surface area contributed by atoms with Crippen molar-refractivity contribution in [2.24, 2.45) is 5.92 Å². The van der Waals surface area contributed by atoms with Gasteiger partial charge in [0.2, 0.25) is 0 Å². The van der Waals surface area contributed by atoms with Gasteiger partial charge in [0.05, 0.1) is 6.61 Å². The molecule has 2 fully saturated rings. The van der Waals surface area contributed by atoms with Gasteiger partial charge in [0.1, 0.15) is 18.0 Å². The van der Waals surface area contributed by atoms with Crippen molar-refractivity contribution in [3.8, 4) is 17.2 Å². The molecular formula is C18H19FN2O6S. The molecule has 0 unspecified atom stereocenters. The van der Waals surface area contributed by atoms with Gasteiger partial charge in [-0.05, 0) is 35.9 Å². The Morgan fingerprint density at radius 2 is 1.93 bits per heavy atom. The molecule has 2 aromatic rings. The average molecular weight is 410 g/mol. The Balaban J connectivity index is 1.71. The van der Waals surface area contributed by atoms with E-state index in [9.17, 15) is 23.4 Å². The topological polar surface area (TPSA) is 116 Å². The molecule has 0 bridgehead atoms. The summed E-state index contributed by atoms with van der Waals surface area (Å²) in [6.07, 6.45) is 4.35. The van der Waals surface area contributed by atoms with Crippen LogP contribution in [-0.4, -0.2) is 37.7 Å². The van der Waals surface area contributed by atoms with Crippen LogP contribution in [0.4, 0.5) is 10.1 Å². The Morgan fingerprint density at radius 1 is 1.21 bits per heavy atom. The van der Waals surface area contributed by atoms with Crippen LogP contribution in [0.15, 0.2) is 18.2 Å². The van der Waals surface area contributed by atoms with Crippen LogP contribution in [0.3, 0.4) is 0 Å². The number of carbonyl (C=O) groups is 1. The summed E-state index contributed by atoms with van der Waals surface area (Å²) >= 11 is 0. The van der Waals surface area contributed by atoms with E-state index >= 15 is 4.39 Å². The summed E-state index contributed by atoms with van der Waals surface area (Å²) < 4.78 is 47.0. The second-order valence-electron chi connectivity index (χ2n) is 7.07. The molecule has 150 valence electrons. The molecule has 1 heterocycles. The Bertz CT molecular complexity index is 1070. The van der Waals surface area contributed by atoms with Crippen molar-refractivity contribution >= 4 is 32.6 Å². The van der Waals surface area contributed by atoms with E-state index in [0.29, 0.717) is 16.8 Å². The fourth-order valence-electron chi connectivity index (χ4n) is 3.47. The van der Waals surface area contributed by atoms with Crippen LogP contribution in [0, 0.1) is 11.7 Å². The molecule has 1 aliphatic carbocycles. The first kappa shape index (κ1) is 18.6. The van der Waals surface area contributed by atoms with Crippen molar-refractivity contribution in [2.75, 3.05) is 17.5 Å². The molecule has 0 atom stereocenters. The number of phenolic OH excluding ortho intramolecular Hbond substituents is 2. The molecule has 4 rings (SSSR count). The number of rotatable bonds is 5. The number of hydrogen-bond acceptors (Lipinski definition) is 6. The van der Waals surface area contributed by atoms with Gasteiger partial charge in [0.15, 0.2) is 17.3 Å². The summed E-state index contributed by atoms with van der Waals surface area (Å²) in [4.78, 5) is 11.4. The zero-order valence-corrected chi connectivity index (χ0v) is 15.6. The number of amides is 1. The molecule has 10 heteroatoms. The van der Waals surface area contributed by atoms with Crippen molar-refractivity contribution < 1.29 is 32.6 Å². The smallest absolute Gasteiger partial charge is 0.326 e. The van der Waals surface area contributed by atoms with Crippen LogP contribution in [0.25, 0.3) is 10.8 Å².